The normalized spacial score (nSPS) is 10.2. The van der Waals surface area contributed by atoms with Crippen LogP contribution in [0.4, 0.5) is 23.3 Å². The van der Waals surface area contributed by atoms with Gasteiger partial charge in [0.2, 0.25) is 11.9 Å². The number of nitrogen functional groups attached to an aromatic ring is 1. The summed E-state index contributed by atoms with van der Waals surface area (Å²) in [6, 6.07) is 3.54. The van der Waals surface area contributed by atoms with E-state index >= 15 is 0 Å². The summed E-state index contributed by atoms with van der Waals surface area (Å²) >= 11 is 0. The second-order valence-electron chi connectivity index (χ2n) is 3.68. The zero-order chi connectivity index (χ0) is 13.8. The fourth-order valence-corrected chi connectivity index (χ4v) is 1.62. The van der Waals surface area contributed by atoms with Crippen molar-refractivity contribution in [3.8, 4) is 0 Å². The second-order valence-corrected chi connectivity index (χ2v) is 3.68. The molecule has 0 aliphatic carbocycles. The second kappa shape index (κ2) is 5.18. The molecule has 0 saturated heterocycles. The molecule has 0 fully saturated rings. The number of rotatable bonds is 3. The molecule has 0 aromatic carbocycles. The topological polar surface area (TPSA) is 119 Å². The van der Waals surface area contributed by atoms with Crippen LogP contribution in [0.1, 0.15) is 0 Å². The van der Waals surface area contributed by atoms with E-state index < -0.39 is 0 Å². The lowest BCUT2D eigenvalue weighted by Crippen LogP contribution is -2.15. The standard InChI is InChI=1S/C11H9N9/c12-10-13-7-14-11(19-10)20(8-1-3-15-17-5-8)9-2-4-16-18-6-9/h1-7H,(H2,12,13,14,19). The van der Waals surface area contributed by atoms with Gasteiger partial charge in [-0.1, -0.05) is 0 Å². The Morgan fingerprint density at radius 1 is 0.850 bits per heavy atom. The van der Waals surface area contributed by atoms with Crippen LogP contribution < -0.4 is 10.6 Å². The van der Waals surface area contributed by atoms with E-state index in [1.807, 2.05) is 0 Å². The van der Waals surface area contributed by atoms with Crippen molar-refractivity contribution in [1.29, 1.82) is 0 Å². The Morgan fingerprint density at radius 2 is 1.50 bits per heavy atom. The first-order chi connectivity index (χ1) is 9.84. The highest BCUT2D eigenvalue weighted by Crippen LogP contribution is 2.29. The van der Waals surface area contributed by atoms with Crippen LogP contribution in [-0.4, -0.2) is 35.3 Å². The smallest absolute Gasteiger partial charge is 0.239 e. The highest BCUT2D eigenvalue weighted by atomic mass is 15.3. The quantitative estimate of drug-likeness (QED) is 0.723. The molecule has 0 radical (unpaired) electrons. The molecule has 3 rings (SSSR count). The van der Waals surface area contributed by atoms with Gasteiger partial charge in [-0.05, 0) is 12.1 Å². The number of aromatic nitrogens is 7. The summed E-state index contributed by atoms with van der Waals surface area (Å²) in [6.45, 7) is 0. The number of anilines is 4. The monoisotopic (exact) mass is 267 g/mol. The first kappa shape index (κ1) is 11.8. The van der Waals surface area contributed by atoms with E-state index in [-0.39, 0.29) is 5.95 Å². The number of hydrogen-bond acceptors (Lipinski definition) is 9. The summed E-state index contributed by atoms with van der Waals surface area (Å²) in [4.78, 5) is 13.7. The third-order valence-corrected chi connectivity index (χ3v) is 2.43. The van der Waals surface area contributed by atoms with Crippen molar-refractivity contribution in [2.24, 2.45) is 0 Å². The molecule has 3 heterocycles. The maximum absolute atomic E-state index is 5.61. The highest BCUT2D eigenvalue weighted by molar-refractivity contribution is 5.70. The molecule has 0 aliphatic rings. The summed E-state index contributed by atoms with van der Waals surface area (Å²) in [5.41, 5.74) is 7.05. The van der Waals surface area contributed by atoms with Gasteiger partial charge in [0, 0.05) is 0 Å². The average molecular weight is 267 g/mol. The molecule has 0 bridgehead atoms. The lowest BCUT2D eigenvalue weighted by atomic mass is 10.3. The Kier molecular flexibility index (Phi) is 3.07. The van der Waals surface area contributed by atoms with Gasteiger partial charge in [0.15, 0.2) is 0 Å². The van der Waals surface area contributed by atoms with Gasteiger partial charge in [-0.2, -0.15) is 25.4 Å². The highest BCUT2D eigenvalue weighted by Gasteiger charge is 2.16. The molecule has 9 heteroatoms. The Balaban J connectivity index is 2.14. The van der Waals surface area contributed by atoms with Crippen LogP contribution in [-0.2, 0) is 0 Å². The third kappa shape index (κ3) is 2.32. The van der Waals surface area contributed by atoms with E-state index in [1.165, 1.54) is 6.33 Å². The Bertz CT molecular complexity index is 649. The van der Waals surface area contributed by atoms with Crippen LogP contribution in [0.25, 0.3) is 0 Å². The largest absolute Gasteiger partial charge is 0.368 e. The summed E-state index contributed by atoms with van der Waals surface area (Å²) in [7, 11) is 0. The van der Waals surface area contributed by atoms with Crippen molar-refractivity contribution in [2.75, 3.05) is 10.6 Å². The van der Waals surface area contributed by atoms with Gasteiger partial charge in [-0.25, -0.2) is 9.97 Å². The first-order valence-corrected chi connectivity index (χ1v) is 5.62. The summed E-state index contributed by atoms with van der Waals surface area (Å²) in [5, 5.41) is 15.2. The summed E-state index contributed by atoms with van der Waals surface area (Å²) in [5.74, 6) is 0.488. The van der Waals surface area contributed by atoms with Crippen LogP contribution in [0.3, 0.4) is 0 Å². The van der Waals surface area contributed by atoms with Gasteiger partial charge in [-0.3, -0.25) is 4.90 Å². The molecule has 3 aromatic rings. The van der Waals surface area contributed by atoms with E-state index in [1.54, 1.807) is 41.8 Å². The zero-order valence-electron chi connectivity index (χ0n) is 10.2. The van der Waals surface area contributed by atoms with E-state index in [0.29, 0.717) is 5.95 Å². The van der Waals surface area contributed by atoms with Gasteiger partial charge in [-0.15, -0.1) is 0 Å². The number of hydrogen-bond donors (Lipinski definition) is 1. The molecule has 0 saturated carbocycles. The minimum Gasteiger partial charge on any atom is -0.368 e. The predicted molar refractivity (Wildman–Crippen MR) is 70.1 cm³/mol. The van der Waals surface area contributed by atoms with E-state index in [4.69, 9.17) is 5.73 Å². The van der Waals surface area contributed by atoms with E-state index in [2.05, 4.69) is 35.3 Å². The molecule has 98 valence electrons. The average Bonchev–Trinajstić information content (AvgIpc) is 2.50. The molecule has 0 spiro atoms. The Morgan fingerprint density at radius 3 is 2.00 bits per heavy atom. The SMILES string of the molecule is Nc1ncnc(N(c2ccnnc2)c2ccnnc2)n1. The van der Waals surface area contributed by atoms with Crippen molar-refractivity contribution < 1.29 is 0 Å². The van der Waals surface area contributed by atoms with Crippen LogP contribution in [0.2, 0.25) is 0 Å². The Hall–Kier alpha value is -3.23. The van der Waals surface area contributed by atoms with Crippen molar-refractivity contribution in [3.63, 3.8) is 0 Å². The van der Waals surface area contributed by atoms with Crippen molar-refractivity contribution >= 4 is 23.3 Å². The van der Waals surface area contributed by atoms with Crippen molar-refractivity contribution in [2.45, 2.75) is 0 Å². The van der Waals surface area contributed by atoms with Crippen LogP contribution in [0.15, 0.2) is 43.2 Å². The first-order valence-electron chi connectivity index (χ1n) is 5.62. The molecular formula is C11H9N9. The van der Waals surface area contributed by atoms with Crippen LogP contribution in [0.5, 0.6) is 0 Å². The molecule has 20 heavy (non-hydrogen) atoms. The molecule has 3 aromatic heterocycles. The lowest BCUT2D eigenvalue weighted by molar-refractivity contribution is 0.972. The maximum atomic E-state index is 5.61. The zero-order valence-corrected chi connectivity index (χ0v) is 10.2. The fraction of sp³-hybridized carbons (Fsp3) is 0. The van der Waals surface area contributed by atoms with Crippen LogP contribution in [0, 0.1) is 0 Å². The van der Waals surface area contributed by atoms with Gasteiger partial charge in [0.05, 0.1) is 36.2 Å². The van der Waals surface area contributed by atoms with Crippen molar-refractivity contribution in [3.05, 3.63) is 43.2 Å². The lowest BCUT2D eigenvalue weighted by Gasteiger charge is -2.21. The fourth-order valence-electron chi connectivity index (χ4n) is 1.62. The molecule has 0 amide bonds. The predicted octanol–water partition coefficient (Wildman–Crippen LogP) is 0.504. The van der Waals surface area contributed by atoms with Gasteiger partial charge in [0.1, 0.15) is 6.33 Å². The molecular weight excluding hydrogens is 258 g/mol. The van der Waals surface area contributed by atoms with Gasteiger partial charge in [0.25, 0.3) is 0 Å². The molecule has 0 atom stereocenters. The van der Waals surface area contributed by atoms with Crippen molar-refractivity contribution in [1.82, 2.24) is 35.3 Å². The molecule has 0 unspecified atom stereocenters. The van der Waals surface area contributed by atoms with E-state index in [9.17, 15) is 0 Å². The third-order valence-electron chi connectivity index (χ3n) is 2.43. The molecule has 9 nitrogen and oxygen atoms in total. The minimum absolute atomic E-state index is 0.129. The summed E-state index contributed by atoms with van der Waals surface area (Å²) in [6.07, 6.45) is 7.65. The van der Waals surface area contributed by atoms with Gasteiger partial charge < -0.3 is 5.73 Å². The Labute approximate surface area is 113 Å². The maximum Gasteiger partial charge on any atom is 0.239 e. The number of nitrogens with two attached hydrogens (primary N) is 1. The number of nitrogens with zero attached hydrogens (tertiary/aromatic N) is 8. The minimum atomic E-state index is 0.129. The molecule has 0 aliphatic heterocycles. The van der Waals surface area contributed by atoms with Gasteiger partial charge >= 0.3 is 0 Å². The van der Waals surface area contributed by atoms with E-state index in [0.717, 1.165) is 11.4 Å². The van der Waals surface area contributed by atoms with Crippen LogP contribution >= 0.6 is 0 Å². The molecule has 2 N–H and O–H groups in total. The summed E-state index contributed by atoms with van der Waals surface area (Å²) < 4.78 is 0.